The van der Waals surface area contributed by atoms with Crippen LogP contribution in [-0.2, 0) is 0 Å². The molecule has 1 aliphatic heterocycles. The number of aliphatic hydroxyl groups is 1. The molecule has 2 aromatic rings. The van der Waals surface area contributed by atoms with E-state index < -0.39 is 17.2 Å². The zero-order valence-electron chi connectivity index (χ0n) is 16.4. The number of rotatable bonds is 4. The third-order valence-electron chi connectivity index (χ3n) is 7.35. The molecule has 1 atom stereocenters. The Morgan fingerprint density at radius 3 is 2.59 bits per heavy atom. The number of benzene rings is 1. The molecule has 0 amide bonds. The van der Waals surface area contributed by atoms with Gasteiger partial charge in [0, 0.05) is 43.2 Å². The number of carboxylic acids is 1. The number of hydrogen-bond donors (Lipinski definition) is 2. The van der Waals surface area contributed by atoms with Crippen molar-refractivity contribution in [2.45, 2.75) is 45.1 Å². The van der Waals surface area contributed by atoms with Crippen LogP contribution in [0.2, 0.25) is 0 Å². The highest BCUT2D eigenvalue weighted by Gasteiger charge is 2.50. The molecule has 29 heavy (non-hydrogen) atoms. The van der Waals surface area contributed by atoms with E-state index in [0.29, 0.717) is 29.9 Å². The van der Waals surface area contributed by atoms with Gasteiger partial charge >= 0.3 is 5.97 Å². The predicted molar refractivity (Wildman–Crippen MR) is 107 cm³/mol. The van der Waals surface area contributed by atoms with Crippen LogP contribution in [0.25, 0.3) is 10.9 Å². The Hall–Kier alpha value is -2.41. The van der Waals surface area contributed by atoms with Crippen molar-refractivity contribution in [2.75, 3.05) is 24.6 Å². The average Bonchev–Trinajstić information content (AvgIpc) is 3.41. The van der Waals surface area contributed by atoms with Crippen LogP contribution in [0.4, 0.5) is 10.1 Å². The topological polar surface area (TPSA) is 82.8 Å². The van der Waals surface area contributed by atoms with Crippen molar-refractivity contribution >= 4 is 22.6 Å². The predicted octanol–water partition coefficient (Wildman–Crippen LogP) is 3.08. The quantitative estimate of drug-likeness (QED) is 0.824. The molecule has 2 aliphatic carbocycles. The van der Waals surface area contributed by atoms with E-state index in [0.717, 1.165) is 32.1 Å². The van der Waals surface area contributed by atoms with Gasteiger partial charge < -0.3 is 19.7 Å². The number of aliphatic hydroxyl groups excluding tert-OH is 1. The number of hydrogen-bond acceptors (Lipinski definition) is 4. The molecule has 0 radical (unpaired) electrons. The lowest BCUT2D eigenvalue weighted by molar-refractivity contribution is 0.0571. The average molecular weight is 400 g/mol. The molecule has 1 aromatic heterocycles. The van der Waals surface area contributed by atoms with E-state index in [9.17, 15) is 19.8 Å². The number of anilines is 1. The summed E-state index contributed by atoms with van der Waals surface area (Å²) >= 11 is 0. The molecule has 2 N–H and O–H groups in total. The highest BCUT2D eigenvalue weighted by atomic mass is 19.1. The summed E-state index contributed by atoms with van der Waals surface area (Å²) < 4.78 is 17.2. The molecule has 154 valence electrons. The first-order valence-electron chi connectivity index (χ1n) is 10.3. The van der Waals surface area contributed by atoms with Gasteiger partial charge in [-0.25, -0.2) is 9.18 Å². The van der Waals surface area contributed by atoms with Crippen molar-refractivity contribution in [1.82, 2.24) is 4.57 Å². The number of pyridine rings is 1. The monoisotopic (exact) mass is 400 g/mol. The summed E-state index contributed by atoms with van der Waals surface area (Å²) in [6, 6.07) is 1.36. The van der Waals surface area contributed by atoms with Crippen LogP contribution in [0, 0.1) is 24.1 Å². The first kappa shape index (κ1) is 18.6. The van der Waals surface area contributed by atoms with Gasteiger partial charge in [0.25, 0.3) is 0 Å². The van der Waals surface area contributed by atoms with E-state index in [-0.39, 0.29) is 34.9 Å². The number of fused-ring (bicyclic) bond motifs is 1. The number of halogens is 1. The number of aryl methyl sites for hydroxylation is 1. The van der Waals surface area contributed by atoms with Crippen LogP contribution < -0.4 is 10.3 Å². The van der Waals surface area contributed by atoms with Gasteiger partial charge in [0.15, 0.2) is 0 Å². The van der Waals surface area contributed by atoms with Crippen molar-refractivity contribution in [3.05, 3.63) is 39.4 Å². The van der Waals surface area contributed by atoms with E-state index in [1.165, 1.54) is 12.3 Å². The number of nitrogens with zero attached hydrogens (tertiary/aromatic N) is 2. The number of aromatic carboxylic acids is 1. The van der Waals surface area contributed by atoms with Crippen molar-refractivity contribution in [3.63, 3.8) is 0 Å². The molecule has 3 fully saturated rings. The third-order valence-corrected chi connectivity index (χ3v) is 7.35. The van der Waals surface area contributed by atoms with Crippen LogP contribution in [0.5, 0.6) is 0 Å². The SMILES string of the molecule is Cc1c(N2CC(CO)C3(CCC3)C2)c(F)cc2c(=O)c(C(=O)O)cn(C3CC3)c12. The van der Waals surface area contributed by atoms with E-state index in [4.69, 9.17) is 0 Å². The third kappa shape index (κ3) is 2.63. The lowest BCUT2D eigenvalue weighted by Gasteiger charge is -2.42. The molecule has 3 aliphatic rings. The zero-order valence-corrected chi connectivity index (χ0v) is 16.4. The van der Waals surface area contributed by atoms with E-state index in [2.05, 4.69) is 0 Å². The first-order chi connectivity index (χ1) is 13.9. The van der Waals surface area contributed by atoms with E-state index in [1.54, 1.807) is 0 Å². The summed E-state index contributed by atoms with van der Waals surface area (Å²) in [7, 11) is 0. The minimum Gasteiger partial charge on any atom is -0.477 e. The fourth-order valence-corrected chi connectivity index (χ4v) is 5.50. The van der Waals surface area contributed by atoms with Crippen LogP contribution >= 0.6 is 0 Å². The number of carbonyl (C=O) groups is 1. The van der Waals surface area contributed by atoms with Crippen molar-refractivity contribution in [1.29, 1.82) is 0 Å². The Morgan fingerprint density at radius 2 is 2.07 bits per heavy atom. The maximum Gasteiger partial charge on any atom is 0.341 e. The second kappa shape index (κ2) is 6.29. The lowest BCUT2D eigenvalue weighted by Crippen LogP contribution is -2.39. The zero-order chi connectivity index (χ0) is 20.5. The molecule has 2 heterocycles. The van der Waals surface area contributed by atoms with Crippen LogP contribution in [0.1, 0.15) is 54.1 Å². The lowest BCUT2D eigenvalue weighted by atomic mass is 9.63. The Bertz CT molecular complexity index is 1080. The van der Waals surface area contributed by atoms with Crippen molar-refractivity contribution < 1.29 is 19.4 Å². The molecule has 5 rings (SSSR count). The smallest absolute Gasteiger partial charge is 0.341 e. The fourth-order valence-electron chi connectivity index (χ4n) is 5.50. The number of aromatic nitrogens is 1. The Kier molecular flexibility index (Phi) is 4.04. The van der Waals surface area contributed by atoms with Gasteiger partial charge in [0.2, 0.25) is 5.43 Å². The van der Waals surface area contributed by atoms with Gasteiger partial charge in [-0.2, -0.15) is 0 Å². The summed E-state index contributed by atoms with van der Waals surface area (Å²) in [6.07, 6.45) is 6.51. The highest BCUT2D eigenvalue weighted by molar-refractivity contribution is 5.95. The molecule has 1 spiro atoms. The molecule has 1 aromatic carbocycles. The van der Waals surface area contributed by atoms with Gasteiger partial charge in [-0.05, 0) is 49.7 Å². The molecule has 2 saturated carbocycles. The Balaban J connectivity index is 1.70. The highest BCUT2D eigenvalue weighted by Crippen LogP contribution is 2.53. The van der Waals surface area contributed by atoms with E-state index in [1.807, 2.05) is 16.4 Å². The summed E-state index contributed by atoms with van der Waals surface area (Å²) in [6.45, 7) is 3.22. The maximum atomic E-state index is 15.3. The van der Waals surface area contributed by atoms with Gasteiger partial charge in [-0.3, -0.25) is 4.79 Å². The van der Waals surface area contributed by atoms with Gasteiger partial charge in [0.05, 0.1) is 11.2 Å². The van der Waals surface area contributed by atoms with Crippen LogP contribution in [0.3, 0.4) is 0 Å². The summed E-state index contributed by atoms with van der Waals surface area (Å²) in [5.41, 5.74) is 0.903. The summed E-state index contributed by atoms with van der Waals surface area (Å²) in [5, 5.41) is 19.4. The minimum absolute atomic E-state index is 0.0614. The first-order valence-corrected chi connectivity index (χ1v) is 10.3. The summed E-state index contributed by atoms with van der Waals surface area (Å²) in [5.74, 6) is -1.65. The molecule has 1 saturated heterocycles. The standard InChI is InChI=1S/C22H25FN2O4/c1-12-18-15(20(27)16(21(28)29)9-25(18)14-3-4-14)7-17(23)19(12)24-8-13(10-26)22(11-24)5-2-6-22/h7,9,13-14,26H,2-6,8,10-11H2,1H3,(H,28,29). The Labute approximate surface area is 167 Å². The van der Waals surface area contributed by atoms with Crippen molar-refractivity contribution in [3.8, 4) is 0 Å². The van der Waals surface area contributed by atoms with Gasteiger partial charge in [-0.1, -0.05) is 6.42 Å². The largest absolute Gasteiger partial charge is 0.477 e. The molecule has 6 nitrogen and oxygen atoms in total. The normalized spacial score (nSPS) is 23.0. The molecule has 1 unspecified atom stereocenters. The molecule has 7 heteroatoms. The van der Waals surface area contributed by atoms with Crippen LogP contribution in [0.15, 0.2) is 17.1 Å². The molecule has 0 bridgehead atoms. The van der Waals surface area contributed by atoms with Crippen molar-refractivity contribution in [2.24, 2.45) is 11.3 Å². The minimum atomic E-state index is -1.29. The van der Waals surface area contributed by atoms with Gasteiger partial charge in [-0.15, -0.1) is 0 Å². The molecular weight excluding hydrogens is 375 g/mol. The Morgan fingerprint density at radius 1 is 1.34 bits per heavy atom. The van der Waals surface area contributed by atoms with Crippen LogP contribution in [-0.4, -0.2) is 40.4 Å². The second-order valence-corrected chi connectivity index (χ2v) is 9.02. The number of carboxylic acid groups (broad SMARTS) is 1. The molecular formula is C22H25FN2O4. The second-order valence-electron chi connectivity index (χ2n) is 9.02. The van der Waals surface area contributed by atoms with Gasteiger partial charge in [0.1, 0.15) is 11.4 Å². The fraction of sp³-hybridized carbons (Fsp3) is 0.545. The summed E-state index contributed by atoms with van der Waals surface area (Å²) in [4.78, 5) is 26.3. The van der Waals surface area contributed by atoms with E-state index >= 15 is 4.39 Å². The maximum absolute atomic E-state index is 15.3.